The Labute approximate surface area is 106 Å². The van der Waals surface area contributed by atoms with Gasteiger partial charge in [0, 0.05) is 12.2 Å². The fourth-order valence-electron chi connectivity index (χ4n) is 1.65. The molecule has 0 aliphatic heterocycles. The summed E-state index contributed by atoms with van der Waals surface area (Å²) in [6.07, 6.45) is 1.97. The predicted molar refractivity (Wildman–Crippen MR) is 69.7 cm³/mol. The minimum atomic E-state index is -0.962. The molecule has 98 valence electrons. The maximum atomic E-state index is 11.0. The van der Waals surface area contributed by atoms with Crippen molar-refractivity contribution in [2.75, 3.05) is 18.0 Å². The van der Waals surface area contributed by atoms with Gasteiger partial charge in [-0.1, -0.05) is 13.3 Å². The summed E-state index contributed by atoms with van der Waals surface area (Å²) in [5.41, 5.74) is 6.25. The molecule has 0 saturated carbocycles. The first-order chi connectivity index (χ1) is 8.54. The van der Waals surface area contributed by atoms with E-state index in [0.717, 1.165) is 25.1 Å². The zero-order chi connectivity index (χ0) is 13.5. The number of nitrogens with two attached hydrogens (primary N) is 1. The molecule has 0 aliphatic rings. The van der Waals surface area contributed by atoms with Gasteiger partial charge < -0.3 is 15.7 Å². The van der Waals surface area contributed by atoms with Gasteiger partial charge in [-0.15, -0.1) is 0 Å². The molecule has 0 unspecified atom stereocenters. The molecule has 0 fully saturated rings. The maximum absolute atomic E-state index is 11.0. The third kappa shape index (κ3) is 4.08. The van der Waals surface area contributed by atoms with Crippen LogP contribution in [0, 0.1) is 0 Å². The Kier molecular flexibility index (Phi) is 5.17. The number of primary amides is 1. The van der Waals surface area contributed by atoms with Crippen LogP contribution in [0.5, 0.6) is 0 Å². The lowest BCUT2D eigenvalue weighted by atomic mass is 10.2. The van der Waals surface area contributed by atoms with Gasteiger partial charge in [0.25, 0.3) is 0 Å². The van der Waals surface area contributed by atoms with E-state index in [1.165, 1.54) is 12.1 Å². The van der Waals surface area contributed by atoms with Gasteiger partial charge in [-0.3, -0.25) is 4.79 Å². The van der Waals surface area contributed by atoms with Crippen LogP contribution in [0.1, 0.15) is 30.1 Å². The lowest BCUT2D eigenvalue weighted by Gasteiger charge is -2.23. The molecule has 0 bridgehead atoms. The molecule has 0 saturated heterocycles. The fourth-order valence-corrected chi connectivity index (χ4v) is 1.65. The summed E-state index contributed by atoms with van der Waals surface area (Å²) in [6.45, 7) is 2.94. The second kappa shape index (κ2) is 6.64. The molecule has 1 aromatic carbocycles. The van der Waals surface area contributed by atoms with Crippen LogP contribution in [0.15, 0.2) is 24.3 Å². The van der Waals surface area contributed by atoms with E-state index in [4.69, 9.17) is 10.8 Å². The molecular formula is C13H18N2O3. The van der Waals surface area contributed by atoms with Crippen LogP contribution in [0.2, 0.25) is 0 Å². The summed E-state index contributed by atoms with van der Waals surface area (Å²) in [4.78, 5) is 23.6. The van der Waals surface area contributed by atoms with Crippen LogP contribution in [0.3, 0.4) is 0 Å². The third-order valence-electron chi connectivity index (χ3n) is 2.61. The van der Waals surface area contributed by atoms with Gasteiger partial charge in [0.2, 0.25) is 5.91 Å². The van der Waals surface area contributed by atoms with E-state index in [9.17, 15) is 9.59 Å². The van der Waals surface area contributed by atoms with Crippen molar-refractivity contribution >= 4 is 17.6 Å². The van der Waals surface area contributed by atoms with E-state index in [0.29, 0.717) is 0 Å². The van der Waals surface area contributed by atoms with Gasteiger partial charge in [0.05, 0.1) is 12.1 Å². The summed E-state index contributed by atoms with van der Waals surface area (Å²) in [7, 11) is 0. The minimum absolute atomic E-state index is 0.145. The fraction of sp³-hybridized carbons (Fsp3) is 0.385. The number of nitrogens with zero attached hydrogens (tertiary/aromatic N) is 1. The molecule has 5 heteroatoms. The van der Waals surface area contributed by atoms with Crippen molar-refractivity contribution in [3.8, 4) is 0 Å². The second-order valence-electron chi connectivity index (χ2n) is 4.09. The highest BCUT2D eigenvalue weighted by atomic mass is 16.4. The average Bonchev–Trinajstić information content (AvgIpc) is 2.34. The highest BCUT2D eigenvalue weighted by molar-refractivity contribution is 5.88. The van der Waals surface area contributed by atoms with Crippen molar-refractivity contribution in [1.82, 2.24) is 0 Å². The van der Waals surface area contributed by atoms with Crippen LogP contribution in [0.4, 0.5) is 5.69 Å². The van der Waals surface area contributed by atoms with E-state index in [1.807, 2.05) is 4.90 Å². The minimum Gasteiger partial charge on any atom is -0.478 e. The number of carboxylic acid groups (broad SMARTS) is 1. The Bertz CT molecular complexity index is 415. The molecule has 1 aromatic rings. The number of anilines is 1. The van der Waals surface area contributed by atoms with Crippen LogP contribution in [0.25, 0.3) is 0 Å². The van der Waals surface area contributed by atoms with E-state index >= 15 is 0 Å². The van der Waals surface area contributed by atoms with Crippen LogP contribution in [-0.2, 0) is 4.79 Å². The molecule has 18 heavy (non-hydrogen) atoms. The first kappa shape index (κ1) is 14.0. The van der Waals surface area contributed by atoms with Crippen LogP contribution in [-0.4, -0.2) is 30.1 Å². The SMILES string of the molecule is CCCCN(CC(N)=O)c1ccc(C(=O)O)cc1. The van der Waals surface area contributed by atoms with Gasteiger partial charge in [-0.05, 0) is 30.7 Å². The number of carbonyl (C=O) groups excluding carboxylic acids is 1. The summed E-state index contributed by atoms with van der Waals surface area (Å²) in [6, 6.07) is 6.44. The Morgan fingerprint density at radius 1 is 1.28 bits per heavy atom. The molecule has 0 spiro atoms. The van der Waals surface area contributed by atoms with Gasteiger partial charge >= 0.3 is 5.97 Å². The Morgan fingerprint density at radius 3 is 2.33 bits per heavy atom. The third-order valence-corrected chi connectivity index (χ3v) is 2.61. The highest BCUT2D eigenvalue weighted by Crippen LogP contribution is 2.16. The summed E-state index contributed by atoms with van der Waals surface area (Å²) >= 11 is 0. The molecule has 0 heterocycles. The lowest BCUT2D eigenvalue weighted by Crippen LogP contribution is -2.34. The van der Waals surface area contributed by atoms with Crippen LogP contribution < -0.4 is 10.6 Å². The first-order valence-electron chi connectivity index (χ1n) is 5.91. The molecule has 1 rings (SSSR count). The van der Waals surface area contributed by atoms with Crippen molar-refractivity contribution in [3.63, 3.8) is 0 Å². The van der Waals surface area contributed by atoms with Crippen LogP contribution >= 0.6 is 0 Å². The number of unbranched alkanes of at least 4 members (excludes halogenated alkanes) is 1. The molecule has 5 nitrogen and oxygen atoms in total. The van der Waals surface area contributed by atoms with Crippen molar-refractivity contribution in [3.05, 3.63) is 29.8 Å². The van der Waals surface area contributed by atoms with Crippen molar-refractivity contribution in [2.45, 2.75) is 19.8 Å². The standard InChI is InChI=1S/C13H18N2O3/c1-2-3-8-15(9-12(14)16)11-6-4-10(5-7-11)13(17)18/h4-7H,2-3,8-9H2,1H3,(H2,14,16)(H,17,18). The van der Waals surface area contributed by atoms with Crippen molar-refractivity contribution in [2.24, 2.45) is 5.73 Å². The number of amides is 1. The topological polar surface area (TPSA) is 83.6 Å². The first-order valence-corrected chi connectivity index (χ1v) is 5.91. The monoisotopic (exact) mass is 250 g/mol. The highest BCUT2D eigenvalue weighted by Gasteiger charge is 2.10. The summed E-state index contributed by atoms with van der Waals surface area (Å²) < 4.78 is 0. The van der Waals surface area contributed by atoms with Crippen molar-refractivity contribution < 1.29 is 14.7 Å². The van der Waals surface area contributed by atoms with E-state index < -0.39 is 11.9 Å². The summed E-state index contributed by atoms with van der Waals surface area (Å²) in [5, 5.41) is 8.81. The quantitative estimate of drug-likeness (QED) is 0.767. The normalized spacial score (nSPS) is 10.1. The molecule has 1 amide bonds. The van der Waals surface area contributed by atoms with Gasteiger partial charge in [0.1, 0.15) is 0 Å². The lowest BCUT2D eigenvalue weighted by molar-refractivity contribution is -0.116. The van der Waals surface area contributed by atoms with Crippen molar-refractivity contribution in [1.29, 1.82) is 0 Å². The molecule has 0 atom stereocenters. The van der Waals surface area contributed by atoms with Gasteiger partial charge in [-0.25, -0.2) is 4.79 Å². The molecular weight excluding hydrogens is 232 g/mol. The number of carboxylic acids is 1. The molecule has 0 aromatic heterocycles. The zero-order valence-corrected chi connectivity index (χ0v) is 10.4. The second-order valence-corrected chi connectivity index (χ2v) is 4.09. The Morgan fingerprint density at radius 2 is 1.89 bits per heavy atom. The Hall–Kier alpha value is -2.04. The number of benzene rings is 1. The molecule has 3 N–H and O–H groups in total. The number of aromatic carboxylic acids is 1. The number of rotatable bonds is 7. The van der Waals surface area contributed by atoms with Gasteiger partial charge in [-0.2, -0.15) is 0 Å². The summed E-state index contributed by atoms with van der Waals surface area (Å²) in [5.74, 6) is -1.36. The molecule has 0 radical (unpaired) electrons. The zero-order valence-electron chi connectivity index (χ0n) is 10.4. The average molecular weight is 250 g/mol. The smallest absolute Gasteiger partial charge is 0.335 e. The number of hydrogen-bond acceptors (Lipinski definition) is 3. The maximum Gasteiger partial charge on any atom is 0.335 e. The predicted octanol–water partition coefficient (Wildman–Crippen LogP) is 1.48. The van der Waals surface area contributed by atoms with E-state index in [1.54, 1.807) is 12.1 Å². The number of carbonyl (C=O) groups is 2. The number of hydrogen-bond donors (Lipinski definition) is 2. The largest absolute Gasteiger partial charge is 0.478 e. The Balaban J connectivity index is 2.83. The molecule has 0 aliphatic carbocycles. The van der Waals surface area contributed by atoms with E-state index in [2.05, 4.69) is 6.92 Å². The van der Waals surface area contributed by atoms with Gasteiger partial charge in [0.15, 0.2) is 0 Å². The van der Waals surface area contributed by atoms with E-state index in [-0.39, 0.29) is 12.1 Å².